The largest absolute Gasteiger partial charge is 0.371 e. The first-order valence-electron chi connectivity index (χ1n) is 24.6. The number of anilines is 3. The standard InChI is InChI=1S/C30H26N6O3S.C30H25N5O3S.CH4/c1-19(33-29-26(31-3)18-32-20(2)34-29)27-17-22-9-8-12-25(21-13-15-23(16-14-21)35-40(4,38)39)28(22)30(37)36(27)24-10-6-5-7-11-24;1-19(33-29-26(31-3)18-32-20(2)34-29)27-17-22-9-8-12-25(21-13-15-24(16-14-21)39(4,37)38)28(22)30(36)35(27)23-10-6-5-7-11-23;/h5-19,35H,1-2,4H3,(H,32,33,34);5-19H,1-2,4H3,(H,32,33,34);1H4/t2*19-;/m00./s1. The number of pyridine rings is 2. The molecular formula is C61H55N11O6S2. The number of nitrogens with zero attached hydrogens (tertiary/aromatic N) is 8. The molecule has 402 valence electrons. The SMILES string of the molecule is C.[C-]#[N+]c1cnc(C)nc1N[C@@H](C)c1cc2cccc(-c3ccc(NS(C)(=O)=O)cc3)c2c(=O)n1-c1ccccc1.[C-]#[N+]c1cnc(C)nc1N[C@@H](C)c1cc2cccc(-c3ccc(S(C)(=O)=O)cc3)c2c(=O)n1-c1ccccc1. The number of sulfonamides is 1. The van der Waals surface area contributed by atoms with Gasteiger partial charge in [0.2, 0.25) is 21.4 Å². The van der Waals surface area contributed by atoms with E-state index >= 15 is 0 Å². The number of nitrogens with one attached hydrogen (secondary N) is 3. The predicted molar refractivity (Wildman–Crippen MR) is 318 cm³/mol. The number of sulfone groups is 1. The summed E-state index contributed by atoms with van der Waals surface area (Å²) in [4.78, 5) is 52.9. The lowest BCUT2D eigenvalue weighted by molar-refractivity contribution is 0.601. The Morgan fingerprint density at radius 1 is 0.537 bits per heavy atom. The van der Waals surface area contributed by atoms with Crippen LogP contribution in [-0.2, 0) is 19.9 Å². The van der Waals surface area contributed by atoms with E-state index in [1.165, 1.54) is 18.6 Å². The Morgan fingerprint density at radius 2 is 0.938 bits per heavy atom. The van der Waals surface area contributed by atoms with E-state index in [2.05, 4.69) is 45.0 Å². The van der Waals surface area contributed by atoms with Crippen LogP contribution in [0, 0.1) is 27.0 Å². The highest BCUT2D eigenvalue weighted by molar-refractivity contribution is 7.92. The first-order chi connectivity index (χ1) is 37.8. The summed E-state index contributed by atoms with van der Waals surface area (Å²) in [6, 6.07) is 46.6. The molecule has 0 spiro atoms. The second kappa shape index (κ2) is 23.4. The molecule has 0 bridgehead atoms. The third-order valence-corrected chi connectivity index (χ3v) is 14.6. The molecule has 19 heteroatoms. The summed E-state index contributed by atoms with van der Waals surface area (Å²) in [5.74, 6) is 1.86. The van der Waals surface area contributed by atoms with Gasteiger partial charge in [0, 0.05) is 47.1 Å². The first kappa shape index (κ1) is 56.4. The maximum atomic E-state index is 14.3. The van der Waals surface area contributed by atoms with Gasteiger partial charge in [0.15, 0.2) is 9.84 Å². The van der Waals surface area contributed by atoms with Crippen LogP contribution in [0.25, 0.3) is 64.9 Å². The molecule has 3 N–H and O–H groups in total. The Labute approximate surface area is 464 Å². The van der Waals surface area contributed by atoms with Crippen molar-refractivity contribution < 1.29 is 16.8 Å². The van der Waals surface area contributed by atoms with Crippen molar-refractivity contribution >= 4 is 70.1 Å². The molecule has 17 nitrogen and oxygen atoms in total. The Morgan fingerprint density at radius 3 is 1.31 bits per heavy atom. The van der Waals surface area contributed by atoms with E-state index in [0.29, 0.717) is 79.4 Å². The Kier molecular flexibility index (Phi) is 16.5. The van der Waals surface area contributed by atoms with Crippen LogP contribution in [0.5, 0.6) is 0 Å². The zero-order valence-electron chi connectivity index (χ0n) is 43.7. The number of aromatic nitrogens is 6. The number of fused-ring (bicyclic) bond motifs is 2. The molecular weight excluding hydrogens is 1050 g/mol. The summed E-state index contributed by atoms with van der Waals surface area (Å²) in [6.07, 6.45) is 5.23. The lowest BCUT2D eigenvalue weighted by atomic mass is 9.97. The number of hydrogen-bond acceptors (Lipinski definition) is 12. The second-order valence-corrected chi connectivity index (χ2v) is 22.4. The molecule has 0 aliphatic carbocycles. The molecule has 10 rings (SSSR count). The molecule has 0 amide bonds. The van der Waals surface area contributed by atoms with Crippen LogP contribution in [0.15, 0.2) is 185 Å². The van der Waals surface area contributed by atoms with E-state index in [4.69, 9.17) is 13.1 Å². The molecule has 80 heavy (non-hydrogen) atoms. The summed E-state index contributed by atoms with van der Waals surface area (Å²) >= 11 is 0. The van der Waals surface area contributed by atoms with Gasteiger partial charge in [-0.15, -0.1) is 0 Å². The molecule has 4 aromatic heterocycles. The van der Waals surface area contributed by atoms with Gasteiger partial charge in [-0.3, -0.25) is 33.4 Å². The van der Waals surface area contributed by atoms with Crippen molar-refractivity contribution in [3.05, 3.63) is 237 Å². The lowest BCUT2D eigenvalue weighted by Crippen LogP contribution is -2.26. The fourth-order valence-electron chi connectivity index (χ4n) is 9.24. The van der Waals surface area contributed by atoms with Crippen LogP contribution >= 0.6 is 0 Å². The molecule has 0 aliphatic heterocycles. The van der Waals surface area contributed by atoms with E-state index in [9.17, 15) is 26.4 Å². The van der Waals surface area contributed by atoms with Crippen molar-refractivity contribution in [1.82, 2.24) is 29.1 Å². The van der Waals surface area contributed by atoms with Crippen molar-refractivity contribution in [3.63, 3.8) is 0 Å². The van der Waals surface area contributed by atoms with E-state index in [-0.39, 0.29) is 23.4 Å². The molecule has 2 atom stereocenters. The molecule has 0 saturated carbocycles. The van der Waals surface area contributed by atoms with E-state index < -0.39 is 31.9 Å². The summed E-state index contributed by atoms with van der Waals surface area (Å²) in [5.41, 5.74) is 6.34. The zero-order chi connectivity index (χ0) is 56.2. The average Bonchev–Trinajstić information content (AvgIpc) is 3.53. The highest BCUT2D eigenvalue weighted by atomic mass is 32.2. The molecule has 10 aromatic rings. The van der Waals surface area contributed by atoms with E-state index in [0.717, 1.165) is 33.7 Å². The van der Waals surface area contributed by atoms with Crippen LogP contribution in [0.2, 0.25) is 0 Å². The van der Waals surface area contributed by atoms with Gasteiger partial charge in [0.25, 0.3) is 11.1 Å². The number of aryl methyl sites for hydroxylation is 2. The Hall–Kier alpha value is -9.82. The van der Waals surface area contributed by atoms with Crippen molar-refractivity contribution in [1.29, 1.82) is 0 Å². The molecule has 4 heterocycles. The van der Waals surface area contributed by atoms with Gasteiger partial charge < -0.3 is 10.6 Å². The van der Waals surface area contributed by atoms with E-state index in [1.54, 1.807) is 71.5 Å². The molecule has 6 aromatic carbocycles. The fraction of sp³-hybridized carbons (Fsp3) is 0.148. The monoisotopic (exact) mass is 1100 g/mol. The smallest absolute Gasteiger partial charge is 0.263 e. The van der Waals surface area contributed by atoms with Crippen LogP contribution in [0.3, 0.4) is 0 Å². The topological polar surface area (TPSA) is 209 Å². The first-order valence-corrected chi connectivity index (χ1v) is 28.4. The summed E-state index contributed by atoms with van der Waals surface area (Å²) in [7, 11) is -6.75. The number of rotatable bonds is 13. The van der Waals surface area contributed by atoms with Gasteiger partial charge in [-0.2, -0.15) is 0 Å². The number of para-hydroxylation sites is 2. The molecule has 0 fully saturated rings. The van der Waals surface area contributed by atoms with E-state index in [1.807, 2.05) is 123 Å². The highest BCUT2D eigenvalue weighted by Gasteiger charge is 2.23. The Balaban J connectivity index is 0.000000208. The minimum atomic E-state index is -3.41. The average molecular weight is 1100 g/mol. The minimum Gasteiger partial charge on any atom is -0.371 e. The Bertz CT molecular complexity index is 4410. The highest BCUT2D eigenvalue weighted by Crippen LogP contribution is 2.35. The van der Waals surface area contributed by atoms with Crippen molar-refractivity contribution in [2.45, 2.75) is 52.1 Å². The summed E-state index contributed by atoms with van der Waals surface area (Å²) in [6.45, 7) is 22.3. The third kappa shape index (κ3) is 12.1. The maximum absolute atomic E-state index is 14.3. The van der Waals surface area contributed by atoms with Gasteiger partial charge >= 0.3 is 0 Å². The quantitative estimate of drug-likeness (QED) is 0.0921. The second-order valence-electron chi connectivity index (χ2n) is 18.6. The molecule has 0 saturated heterocycles. The molecule has 0 radical (unpaired) electrons. The van der Waals surface area contributed by atoms with Gasteiger partial charge in [0.05, 0.1) is 47.2 Å². The zero-order valence-corrected chi connectivity index (χ0v) is 45.3. The van der Waals surface area contributed by atoms with Crippen LogP contribution in [0.1, 0.15) is 56.4 Å². The summed E-state index contributed by atoms with van der Waals surface area (Å²) < 4.78 is 53.0. The molecule has 0 aliphatic rings. The van der Waals surface area contributed by atoms with Crippen LogP contribution < -0.4 is 26.5 Å². The third-order valence-electron chi connectivity index (χ3n) is 12.9. The van der Waals surface area contributed by atoms with Gasteiger partial charge in [0.1, 0.15) is 23.3 Å². The van der Waals surface area contributed by atoms with Crippen molar-refractivity contribution in [2.75, 3.05) is 27.9 Å². The lowest BCUT2D eigenvalue weighted by Gasteiger charge is -2.22. The van der Waals surface area contributed by atoms with Gasteiger partial charge in [-0.25, -0.2) is 36.5 Å². The maximum Gasteiger partial charge on any atom is 0.263 e. The normalized spacial score (nSPS) is 11.9. The summed E-state index contributed by atoms with van der Waals surface area (Å²) in [5, 5.41) is 9.16. The predicted octanol–water partition coefficient (Wildman–Crippen LogP) is 12.4. The van der Waals surface area contributed by atoms with Crippen LogP contribution in [0.4, 0.5) is 28.7 Å². The number of benzene rings is 6. The van der Waals surface area contributed by atoms with Crippen LogP contribution in [-0.4, -0.2) is 58.4 Å². The van der Waals surface area contributed by atoms with Crippen molar-refractivity contribution in [2.24, 2.45) is 0 Å². The molecule has 0 unspecified atom stereocenters. The minimum absolute atomic E-state index is 0. The van der Waals surface area contributed by atoms with Gasteiger partial charge in [-0.05, 0) is 121 Å². The van der Waals surface area contributed by atoms with Gasteiger partial charge in [-0.1, -0.05) is 104 Å². The fourth-order valence-corrected chi connectivity index (χ4v) is 10.4. The number of hydrogen-bond donors (Lipinski definition) is 3. The van der Waals surface area contributed by atoms with Crippen molar-refractivity contribution in [3.8, 4) is 33.6 Å².